The summed E-state index contributed by atoms with van der Waals surface area (Å²) in [5, 5.41) is 0. The molecule has 0 fully saturated rings. The lowest BCUT2D eigenvalue weighted by Gasteiger charge is -2.32. The van der Waals surface area contributed by atoms with Crippen molar-refractivity contribution in [3.63, 3.8) is 0 Å². The molecule has 2 heteroatoms. The molecule has 0 atom stereocenters. The van der Waals surface area contributed by atoms with Gasteiger partial charge >= 0.3 is 0 Å². The van der Waals surface area contributed by atoms with E-state index in [1.165, 1.54) is 54.1 Å². The van der Waals surface area contributed by atoms with Crippen LogP contribution in [-0.2, 0) is 5.41 Å². The third kappa shape index (κ3) is 3.55. The summed E-state index contributed by atoms with van der Waals surface area (Å²) in [6, 6.07) is 15.9. The fourth-order valence-corrected chi connectivity index (χ4v) is 4.41. The van der Waals surface area contributed by atoms with Gasteiger partial charge in [0.25, 0.3) is 0 Å². The normalized spacial score (nSPS) is 13.7. The highest BCUT2D eigenvalue weighted by Gasteiger charge is 2.41. The summed E-state index contributed by atoms with van der Waals surface area (Å²) in [5.74, 6) is 0. The highest BCUT2D eigenvalue weighted by atomic mass is 79.9. The summed E-state index contributed by atoms with van der Waals surface area (Å²) < 4.78 is 1.21. The van der Waals surface area contributed by atoms with Crippen LogP contribution < -0.4 is 0 Å². The van der Waals surface area contributed by atoms with Crippen molar-refractivity contribution in [1.29, 1.82) is 0 Å². The molecule has 0 heterocycles. The van der Waals surface area contributed by atoms with Gasteiger partial charge in [-0.15, -0.1) is 0 Å². The molecule has 0 spiro atoms. The summed E-state index contributed by atoms with van der Waals surface area (Å²) in [6.07, 6.45) is 7.65. The average Bonchev–Trinajstić information content (AvgIpc) is 2.90. The van der Waals surface area contributed by atoms with Gasteiger partial charge < -0.3 is 0 Å². The van der Waals surface area contributed by atoms with Crippen LogP contribution in [0, 0.1) is 0 Å². The second-order valence-corrected chi connectivity index (χ2v) is 7.44. The number of halogens is 1. The first-order valence-corrected chi connectivity index (χ1v) is 10.9. The molecule has 0 aromatic heterocycles. The van der Waals surface area contributed by atoms with Crippen molar-refractivity contribution < 1.29 is 0 Å². The first-order valence-electron chi connectivity index (χ1n) is 9.13. The van der Waals surface area contributed by atoms with Crippen LogP contribution in [0.3, 0.4) is 0 Å². The van der Waals surface area contributed by atoms with Crippen LogP contribution in [-0.4, -0.2) is 10.2 Å². The maximum absolute atomic E-state index is 3.70. The van der Waals surface area contributed by atoms with Crippen LogP contribution in [0.2, 0.25) is 6.55 Å². The van der Waals surface area contributed by atoms with Crippen LogP contribution in [0.25, 0.3) is 11.1 Å². The summed E-state index contributed by atoms with van der Waals surface area (Å²) >= 11 is 3.70. The van der Waals surface area contributed by atoms with Crippen molar-refractivity contribution in [3.05, 3.63) is 58.1 Å². The standard InChI is InChI=1S/C21H25Br.CH3Si/c1-3-5-13-21(14-6-4-2)19-10-8-7-9-17(19)18-12-11-16(22)15-20(18)21;1-2/h7-12,15H,3-6,13-14H2,1-2H3;1H3. The minimum Gasteiger partial charge on any atom is -0.0759 e. The molecular weight excluding hydrogens is 372 g/mol. The summed E-state index contributed by atoms with van der Waals surface area (Å²) in [5.41, 5.74) is 6.24. The molecule has 3 rings (SSSR count). The lowest BCUT2D eigenvalue weighted by atomic mass is 9.71. The van der Waals surface area contributed by atoms with E-state index in [9.17, 15) is 0 Å². The largest absolute Gasteiger partial charge is 0.0759 e. The van der Waals surface area contributed by atoms with E-state index in [0.29, 0.717) is 0 Å². The molecule has 0 nitrogen and oxygen atoms in total. The van der Waals surface area contributed by atoms with E-state index in [2.05, 4.69) is 82.5 Å². The predicted molar refractivity (Wildman–Crippen MR) is 111 cm³/mol. The van der Waals surface area contributed by atoms with Crippen molar-refractivity contribution in [3.8, 4) is 11.1 Å². The van der Waals surface area contributed by atoms with Crippen molar-refractivity contribution in [2.75, 3.05) is 0 Å². The molecule has 2 aromatic rings. The molecule has 0 amide bonds. The zero-order valence-corrected chi connectivity index (χ0v) is 17.7. The molecule has 0 unspecified atom stereocenters. The number of rotatable bonds is 6. The second-order valence-electron chi connectivity index (χ2n) is 6.52. The van der Waals surface area contributed by atoms with Crippen LogP contribution >= 0.6 is 15.9 Å². The van der Waals surface area contributed by atoms with Crippen molar-refractivity contribution in [2.24, 2.45) is 0 Å². The Morgan fingerprint density at radius 3 is 2.04 bits per heavy atom. The summed E-state index contributed by atoms with van der Waals surface area (Å²) in [7, 11) is 2.97. The van der Waals surface area contributed by atoms with Gasteiger partial charge in [0.1, 0.15) is 0 Å². The number of unbranched alkanes of at least 4 members (excludes halogenated alkanes) is 2. The van der Waals surface area contributed by atoms with Crippen LogP contribution in [0.4, 0.5) is 0 Å². The van der Waals surface area contributed by atoms with Crippen LogP contribution in [0.5, 0.6) is 0 Å². The molecule has 0 N–H and O–H groups in total. The van der Waals surface area contributed by atoms with E-state index in [-0.39, 0.29) is 5.41 Å². The first kappa shape index (κ1) is 19.5. The van der Waals surface area contributed by atoms with E-state index < -0.39 is 0 Å². The van der Waals surface area contributed by atoms with Gasteiger partial charge in [-0.05, 0) is 47.2 Å². The lowest BCUT2D eigenvalue weighted by molar-refractivity contribution is 0.414. The molecule has 0 saturated heterocycles. The minimum atomic E-state index is 0.224. The molecule has 3 radical (unpaired) electrons. The Kier molecular flexibility index (Phi) is 7.30. The Hall–Kier alpha value is -0.863. The predicted octanol–water partition coefficient (Wildman–Crippen LogP) is 7.30. The number of hydrogen-bond acceptors (Lipinski definition) is 0. The van der Waals surface area contributed by atoms with Crippen LogP contribution in [0.15, 0.2) is 46.9 Å². The zero-order chi connectivity index (χ0) is 17.6. The highest BCUT2D eigenvalue weighted by molar-refractivity contribution is 9.10. The van der Waals surface area contributed by atoms with Gasteiger partial charge in [0.2, 0.25) is 0 Å². The molecule has 0 bridgehead atoms. The molecule has 0 saturated carbocycles. The van der Waals surface area contributed by atoms with Gasteiger partial charge in [-0.25, -0.2) is 0 Å². The third-order valence-electron chi connectivity index (χ3n) is 5.14. The summed E-state index contributed by atoms with van der Waals surface area (Å²) in [4.78, 5) is 0. The topological polar surface area (TPSA) is 0 Å². The Morgan fingerprint density at radius 1 is 0.833 bits per heavy atom. The summed E-state index contributed by atoms with van der Waals surface area (Å²) in [6.45, 7) is 6.41. The van der Waals surface area contributed by atoms with Gasteiger partial charge in [-0.3, -0.25) is 0 Å². The van der Waals surface area contributed by atoms with Crippen molar-refractivity contribution in [1.82, 2.24) is 0 Å². The van der Waals surface area contributed by atoms with Gasteiger partial charge in [0, 0.05) is 20.1 Å². The quantitative estimate of drug-likeness (QED) is 0.446. The number of benzene rings is 2. The average molecular weight is 400 g/mol. The minimum absolute atomic E-state index is 0.224. The molecular formula is C22H28BrSi. The van der Waals surface area contributed by atoms with E-state index in [1.54, 1.807) is 17.7 Å². The highest BCUT2D eigenvalue weighted by Crippen LogP contribution is 2.54. The smallest absolute Gasteiger partial charge is 0.0215 e. The molecule has 24 heavy (non-hydrogen) atoms. The number of fused-ring (bicyclic) bond motifs is 3. The maximum atomic E-state index is 3.70. The second kappa shape index (κ2) is 9.01. The van der Waals surface area contributed by atoms with Gasteiger partial charge in [-0.2, -0.15) is 0 Å². The molecule has 1 aliphatic carbocycles. The van der Waals surface area contributed by atoms with Crippen LogP contribution in [0.1, 0.15) is 63.5 Å². The fourth-order valence-electron chi connectivity index (χ4n) is 4.05. The van der Waals surface area contributed by atoms with E-state index in [0.717, 1.165) is 0 Å². The SMILES string of the molecule is CCCCC1(CCCC)c2ccccc2-c2ccc(Br)cc21.C[Si]. The Morgan fingerprint density at radius 2 is 1.42 bits per heavy atom. The van der Waals surface area contributed by atoms with Gasteiger partial charge in [-0.1, -0.05) is 92.3 Å². The van der Waals surface area contributed by atoms with E-state index in [4.69, 9.17) is 0 Å². The van der Waals surface area contributed by atoms with E-state index >= 15 is 0 Å². The van der Waals surface area contributed by atoms with Crippen molar-refractivity contribution >= 4 is 26.2 Å². The van der Waals surface area contributed by atoms with Gasteiger partial charge in [0.15, 0.2) is 0 Å². The molecule has 1 aliphatic rings. The van der Waals surface area contributed by atoms with Gasteiger partial charge in [0.05, 0.1) is 0 Å². The molecule has 2 aromatic carbocycles. The van der Waals surface area contributed by atoms with E-state index in [1.807, 2.05) is 0 Å². The Bertz CT molecular complexity index is 655. The number of hydrogen-bond donors (Lipinski definition) is 0. The monoisotopic (exact) mass is 399 g/mol. The molecule has 0 aliphatic heterocycles. The maximum Gasteiger partial charge on any atom is 0.0215 e. The Balaban J connectivity index is 0.00000100. The lowest BCUT2D eigenvalue weighted by Crippen LogP contribution is -2.25. The Labute approximate surface area is 159 Å². The zero-order valence-electron chi connectivity index (χ0n) is 15.2. The third-order valence-corrected chi connectivity index (χ3v) is 5.64. The first-order chi connectivity index (χ1) is 11.7. The fraction of sp³-hybridized carbons (Fsp3) is 0.455. The van der Waals surface area contributed by atoms with Crippen molar-refractivity contribution in [2.45, 2.75) is 64.3 Å². The molecule has 127 valence electrons.